The number of amides is 1. The molecule has 0 saturated heterocycles. The maximum atomic E-state index is 13.0. The number of carbonyl (C=O) groups is 1. The van der Waals surface area contributed by atoms with Gasteiger partial charge in [0, 0.05) is 24.7 Å². The SMILES string of the molecule is CCN(C(=O)CC(C)(CC)C(C)C)C(CC(C)C(C)=N)C(C)C. The van der Waals surface area contributed by atoms with Crippen LogP contribution in [0.2, 0.25) is 0 Å². The van der Waals surface area contributed by atoms with E-state index in [-0.39, 0.29) is 23.3 Å². The highest BCUT2D eigenvalue weighted by Crippen LogP contribution is 2.36. The average Bonchev–Trinajstić information content (AvgIpc) is 2.45. The highest BCUT2D eigenvalue weighted by molar-refractivity contribution is 5.81. The molecule has 3 atom stereocenters. The summed E-state index contributed by atoms with van der Waals surface area (Å²) in [7, 11) is 0. The van der Waals surface area contributed by atoms with Crippen molar-refractivity contribution >= 4 is 11.6 Å². The molecule has 0 bridgehead atoms. The summed E-state index contributed by atoms with van der Waals surface area (Å²) < 4.78 is 0. The lowest BCUT2D eigenvalue weighted by atomic mass is 9.73. The van der Waals surface area contributed by atoms with Crippen molar-refractivity contribution < 1.29 is 4.79 Å². The van der Waals surface area contributed by atoms with Gasteiger partial charge in [-0.2, -0.15) is 0 Å². The molecule has 0 saturated carbocycles. The molecule has 0 aliphatic rings. The lowest BCUT2D eigenvalue weighted by Gasteiger charge is -2.39. The van der Waals surface area contributed by atoms with Crippen molar-refractivity contribution in [1.29, 1.82) is 5.41 Å². The molecule has 0 aromatic heterocycles. The second-order valence-electron chi connectivity index (χ2n) is 8.15. The van der Waals surface area contributed by atoms with Gasteiger partial charge in [-0.1, -0.05) is 48.5 Å². The Kier molecular flexibility index (Phi) is 9.09. The second-order valence-corrected chi connectivity index (χ2v) is 8.15. The van der Waals surface area contributed by atoms with Crippen LogP contribution in [-0.4, -0.2) is 29.1 Å². The van der Waals surface area contributed by atoms with E-state index >= 15 is 0 Å². The molecule has 0 aromatic carbocycles. The van der Waals surface area contributed by atoms with Gasteiger partial charge >= 0.3 is 0 Å². The minimum Gasteiger partial charge on any atom is -0.340 e. The summed E-state index contributed by atoms with van der Waals surface area (Å²) in [5.41, 5.74) is 0.773. The van der Waals surface area contributed by atoms with Crippen molar-refractivity contribution in [3.63, 3.8) is 0 Å². The molecule has 23 heavy (non-hydrogen) atoms. The maximum absolute atomic E-state index is 13.0. The number of nitrogens with zero attached hydrogens (tertiary/aromatic N) is 1. The lowest BCUT2D eigenvalue weighted by molar-refractivity contribution is -0.137. The minimum absolute atomic E-state index is 0.0646. The van der Waals surface area contributed by atoms with Gasteiger partial charge < -0.3 is 10.3 Å². The molecule has 3 heteroatoms. The predicted octanol–water partition coefficient (Wildman–Crippen LogP) is 5.39. The zero-order valence-corrected chi connectivity index (χ0v) is 17.0. The van der Waals surface area contributed by atoms with E-state index < -0.39 is 0 Å². The zero-order valence-electron chi connectivity index (χ0n) is 17.0. The van der Waals surface area contributed by atoms with E-state index in [9.17, 15) is 4.79 Å². The molecule has 0 radical (unpaired) electrons. The summed E-state index contributed by atoms with van der Waals surface area (Å²) in [6.45, 7) is 20.0. The van der Waals surface area contributed by atoms with E-state index in [0.717, 1.165) is 19.4 Å². The fraction of sp³-hybridized carbons (Fsp3) is 0.900. The van der Waals surface area contributed by atoms with E-state index in [4.69, 9.17) is 5.41 Å². The molecule has 3 nitrogen and oxygen atoms in total. The van der Waals surface area contributed by atoms with Crippen LogP contribution in [0.5, 0.6) is 0 Å². The Morgan fingerprint density at radius 2 is 1.65 bits per heavy atom. The topological polar surface area (TPSA) is 44.2 Å². The molecule has 0 aliphatic carbocycles. The third-order valence-electron chi connectivity index (χ3n) is 5.92. The van der Waals surface area contributed by atoms with Gasteiger partial charge in [-0.25, -0.2) is 0 Å². The molecule has 3 unspecified atom stereocenters. The molecular formula is C20H40N2O. The molecule has 0 heterocycles. The average molecular weight is 325 g/mol. The van der Waals surface area contributed by atoms with E-state index in [1.54, 1.807) is 0 Å². The standard InChI is InChI=1S/C20H40N2O/c1-10-20(9,15(5)6)13-19(23)22(11-2)18(14(3)4)12-16(7)17(8)21/h14-16,18,21H,10-13H2,1-9H3. The number of rotatable bonds is 10. The Morgan fingerprint density at radius 1 is 1.13 bits per heavy atom. The second kappa shape index (κ2) is 9.44. The summed E-state index contributed by atoms with van der Waals surface area (Å²) in [6, 6.07) is 0.219. The summed E-state index contributed by atoms with van der Waals surface area (Å²) in [6.07, 6.45) is 2.53. The molecule has 136 valence electrons. The fourth-order valence-electron chi connectivity index (χ4n) is 3.08. The molecule has 0 rings (SSSR count). The van der Waals surface area contributed by atoms with E-state index in [2.05, 4.69) is 60.3 Å². The smallest absolute Gasteiger partial charge is 0.223 e. The van der Waals surface area contributed by atoms with E-state index in [0.29, 0.717) is 24.0 Å². The quantitative estimate of drug-likeness (QED) is 0.538. The zero-order chi connectivity index (χ0) is 18.4. The van der Waals surface area contributed by atoms with Gasteiger partial charge in [-0.15, -0.1) is 0 Å². The summed E-state index contributed by atoms with van der Waals surface area (Å²) in [5, 5.41) is 7.87. The van der Waals surface area contributed by atoms with E-state index in [1.165, 1.54) is 0 Å². The number of hydrogen-bond donors (Lipinski definition) is 1. The predicted molar refractivity (Wildman–Crippen MR) is 101 cm³/mol. The Hall–Kier alpha value is -0.860. The summed E-state index contributed by atoms with van der Waals surface area (Å²) in [4.78, 5) is 15.1. The summed E-state index contributed by atoms with van der Waals surface area (Å²) in [5.74, 6) is 1.41. The van der Waals surface area contributed by atoms with Gasteiger partial charge in [0.1, 0.15) is 0 Å². The van der Waals surface area contributed by atoms with Gasteiger partial charge in [-0.3, -0.25) is 4.79 Å². The number of carbonyl (C=O) groups excluding carboxylic acids is 1. The van der Waals surface area contributed by atoms with Crippen LogP contribution in [0.15, 0.2) is 0 Å². The summed E-state index contributed by atoms with van der Waals surface area (Å²) >= 11 is 0. The Balaban J connectivity index is 5.26. The first kappa shape index (κ1) is 22.1. The van der Waals surface area contributed by atoms with Gasteiger partial charge in [0.2, 0.25) is 5.91 Å². The molecular weight excluding hydrogens is 284 g/mol. The molecule has 0 aromatic rings. The van der Waals surface area contributed by atoms with Crippen LogP contribution in [0.4, 0.5) is 0 Å². The van der Waals surface area contributed by atoms with Crippen molar-refractivity contribution in [2.24, 2.45) is 23.2 Å². The van der Waals surface area contributed by atoms with Crippen molar-refractivity contribution in [2.45, 2.75) is 87.6 Å². The van der Waals surface area contributed by atoms with Crippen molar-refractivity contribution in [2.75, 3.05) is 6.54 Å². The largest absolute Gasteiger partial charge is 0.340 e. The molecule has 0 fully saturated rings. The Labute approximate surface area is 144 Å². The lowest BCUT2D eigenvalue weighted by Crippen LogP contribution is -2.46. The minimum atomic E-state index is 0.0646. The highest BCUT2D eigenvalue weighted by atomic mass is 16.2. The van der Waals surface area contributed by atoms with Gasteiger partial charge in [0.05, 0.1) is 0 Å². The van der Waals surface area contributed by atoms with Gasteiger partial charge in [0.25, 0.3) is 0 Å². The Bertz CT molecular complexity index is 389. The molecule has 0 spiro atoms. The highest BCUT2D eigenvalue weighted by Gasteiger charge is 2.34. The Morgan fingerprint density at radius 3 is 1.96 bits per heavy atom. The normalized spacial score (nSPS) is 17.0. The maximum Gasteiger partial charge on any atom is 0.223 e. The van der Waals surface area contributed by atoms with Crippen molar-refractivity contribution in [3.05, 3.63) is 0 Å². The third-order valence-corrected chi connectivity index (χ3v) is 5.92. The first-order chi connectivity index (χ1) is 10.5. The van der Waals surface area contributed by atoms with Crippen LogP contribution >= 0.6 is 0 Å². The van der Waals surface area contributed by atoms with Crippen LogP contribution in [0.1, 0.15) is 81.6 Å². The van der Waals surface area contributed by atoms with Crippen LogP contribution < -0.4 is 0 Å². The van der Waals surface area contributed by atoms with Gasteiger partial charge in [0.15, 0.2) is 0 Å². The van der Waals surface area contributed by atoms with Gasteiger partial charge in [-0.05, 0) is 49.9 Å². The molecule has 1 N–H and O–H groups in total. The van der Waals surface area contributed by atoms with Crippen LogP contribution in [0, 0.1) is 28.6 Å². The third kappa shape index (κ3) is 6.27. The van der Waals surface area contributed by atoms with E-state index in [1.807, 2.05) is 6.92 Å². The number of hydrogen-bond acceptors (Lipinski definition) is 2. The molecule has 0 aliphatic heterocycles. The number of nitrogens with one attached hydrogen (secondary N) is 1. The molecule has 1 amide bonds. The van der Waals surface area contributed by atoms with Crippen molar-refractivity contribution in [1.82, 2.24) is 4.90 Å². The van der Waals surface area contributed by atoms with Crippen molar-refractivity contribution in [3.8, 4) is 0 Å². The fourth-order valence-corrected chi connectivity index (χ4v) is 3.08. The first-order valence-electron chi connectivity index (χ1n) is 9.34. The van der Waals surface area contributed by atoms with Crippen LogP contribution in [0.3, 0.4) is 0 Å². The van der Waals surface area contributed by atoms with Crippen LogP contribution in [0.25, 0.3) is 0 Å². The first-order valence-corrected chi connectivity index (χ1v) is 9.34. The van der Waals surface area contributed by atoms with Crippen LogP contribution in [-0.2, 0) is 4.79 Å². The monoisotopic (exact) mass is 324 g/mol.